The predicted octanol–water partition coefficient (Wildman–Crippen LogP) is 5.12. The first-order chi connectivity index (χ1) is 19.1. The summed E-state index contributed by atoms with van der Waals surface area (Å²) in [5, 5.41) is 12.9. The van der Waals surface area contributed by atoms with Crippen molar-refractivity contribution in [2.45, 2.75) is 75.3 Å². The number of amides is 2. The number of alkyl halides is 3. The molecule has 2 amide bonds. The Kier molecular flexibility index (Phi) is 10.1. The number of anilines is 2. The Morgan fingerprint density at radius 3 is 2.10 bits per heavy atom. The topological polar surface area (TPSA) is 142 Å². The molecule has 0 radical (unpaired) electrons. The Morgan fingerprint density at radius 1 is 1.00 bits per heavy atom. The van der Waals surface area contributed by atoms with E-state index in [4.69, 9.17) is 9.90 Å². The number of hydrogen-bond acceptors (Lipinski definition) is 5. The molecule has 13 heteroatoms. The molecule has 0 bridgehead atoms. The first kappa shape index (κ1) is 31.9. The Hall–Kier alpha value is -3.61. The van der Waals surface area contributed by atoms with Crippen molar-refractivity contribution in [1.82, 2.24) is 5.32 Å². The molecule has 2 aliphatic carbocycles. The second-order valence-corrected chi connectivity index (χ2v) is 12.1. The number of benzene rings is 2. The smallest absolute Gasteiger partial charge is 0.475 e. The number of carbonyl (C=O) groups excluding carboxylic acids is 2. The SMILES string of the molecule is CC(=O)Nc1ccc(C)cc1S(=O)(=O)Nc1ccc(C2(C(=O)NCC3CCCCC3)CC2)cc1.O=C(O)C(F)(F)F. The van der Waals surface area contributed by atoms with Gasteiger partial charge in [0.15, 0.2) is 0 Å². The molecule has 2 fully saturated rings. The van der Waals surface area contributed by atoms with E-state index in [1.165, 1.54) is 45.1 Å². The predicted molar refractivity (Wildman–Crippen MR) is 147 cm³/mol. The van der Waals surface area contributed by atoms with Gasteiger partial charge in [0.1, 0.15) is 4.90 Å². The highest BCUT2D eigenvalue weighted by Gasteiger charge is 2.51. The Balaban J connectivity index is 0.000000587. The normalized spacial score (nSPS) is 16.5. The lowest BCUT2D eigenvalue weighted by atomic mass is 9.88. The Labute approximate surface area is 237 Å². The first-order valence-electron chi connectivity index (χ1n) is 13.2. The van der Waals surface area contributed by atoms with Gasteiger partial charge < -0.3 is 15.7 Å². The fraction of sp³-hybridized carbons (Fsp3) is 0.464. The Morgan fingerprint density at radius 2 is 1.59 bits per heavy atom. The fourth-order valence-electron chi connectivity index (χ4n) is 4.78. The number of hydrogen-bond donors (Lipinski definition) is 4. The number of sulfonamides is 1. The van der Waals surface area contributed by atoms with E-state index in [1.54, 1.807) is 31.2 Å². The van der Waals surface area contributed by atoms with Crippen LogP contribution in [0.25, 0.3) is 0 Å². The third kappa shape index (κ3) is 8.69. The average Bonchev–Trinajstić information content (AvgIpc) is 3.71. The first-order valence-corrected chi connectivity index (χ1v) is 14.7. The maximum Gasteiger partial charge on any atom is 0.490 e. The van der Waals surface area contributed by atoms with Gasteiger partial charge in [-0.3, -0.25) is 14.3 Å². The summed E-state index contributed by atoms with van der Waals surface area (Å²) >= 11 is 0. The van der Waals surface area contributed by atoms with Crippen LogP contribution < -0.4 is 15.4 Å². The molecular weight excluding hydrogens is 563 g/mol. The third-order valence-electron chi connectivity index (χ3n) is 7.13. The van der Waals surface area contributed by atoms with E-state index in [9.17, 15) is 31.2 Å². The van der Waals surface area contributed by atoms with Gasteiger partial charge in [0, 0.05) is 19.2 Å². The summed E-state index contributed by atoms with van der Waals surface area (Å²) in [4.78, 5) is 33.4. The maximum absolute atomic E-state index is 13.1. The summed E-state index contributed by atoms with van der Waals surface area (Å²) in [5.74, 6) is -2.45. The third-order valence-corrected chi connectivity index (χ3v) is 8.55. The van der Waals surface area contributed by atoms with Crippen molar-refractivity contribution in [2.75, 3.05) is 16.6 Å². The summed E-state index contributed by atoms with van der Waals surface area (Å²) in [6, 6.07) is 11.9. The summed E-state index contributed by atoms with van der Waals surface area (Å²) in [7, 11) is -3.93. The molecule has 0 heterocycles. The van der Waals surface area contributed by atoms with Gasteiger partial charge in [-0.05, 0) is 73.9 Å². The lowest BCUT2D eigenvalue weighted by Gasteiger charge is -2.23. The molecular formula is C28H34F3N3O6S. The quantitative estimate of drug-likeness (QED) is 0.333. The van der Waals surface area contributed by atoms with Crippen LogP contribution in [0.3, 0.4) is 0 Å². The standard InChI is InChI=1S/C26H33N3O4S.C2HF3O2/c1-18-8-13-23(28-19(2)30)24(16-18)34(32,33)29-22-11-9-21(10-12-22)26(14-15-26)25(31)27-17-20-6-4-3-5-7-20;3-2(4,5)1(6)7/h8-13,16,20,29H,3-7,14-15,17H2,1-2H3,(H,27,31)(H,28,30);(H,6,7). The minimum Gasteiger partial charge on any atom is -0.475 e. The van der Waals surface area contributed by atoms with Crippen LogP contribution in [0.4, 0.5) is 24.5 Å². The number of rotatable bonds is 8. The summed E-state index contributed by atoms with van der Waals surface area (Å²) in [6.45, 7) is 3.87. The maximum atomic E-state index is 13.1. The van der Waals surface area contributed by atoms with Crippen molar-refractivity contribution in [3.8, 4) is 0 Å². The molecule has 41 heavy (non-hydrogen) atoms. The van der Waals surface area contributed by atoms with E-state index in [2.05, 4.69) is 15.4 Å². The van der Waals surface area contributed by atoms with Gasteiger partial charge in [0.25, 0.3) is 10.0 Å². The second kappa shape index (κ2) is 12.9. The highest BCUT2D eigenvalue weighted by atomic mass is 32.2. The van der Waals surface area contributed by atoms with Crippen molar-refractivity contribution in [3.05, 3.63) is 53.6 Å². The average molecular weight is 598 g/mol. The van der Waals surface area contributed by atoms with E-state index in [1.807, 2.05) is 12.1 Å². The molecule has 4 N–H and O–H groups in total. The number of nitrogens with one attached hydrogen (secondary N) is 3. The fourth-order valence-corrected chi connectivity index (χ4v) is 6.09. The van der Waals surface area contributed by atoms with Crippen LogP contribution in [0.1, 0.15) is 63.0 Å². The van der Waals surface area contributed by atoms with E-state index >= 15 is 0 Å². The van der Waals surface area contributed by atoms with Crippen LogP contribution in [-0.2, 0) is 29.8 Å². The summed E-state index contributed by atoms with van der Waals surface area (Å²) < 4.78 is 60.5. The van der Waals surface area contributed by atoms with Crippen molar-refractivity contribution in [1.29, 1.82) is 0 Å². The number of halogens is 3. The van der Waals surface area contributed by atoms with Gasteiger partial charge >= 0.3 is 12.1 Å². The van der Waals surface area contributed by atoms with E-state index in [0.717, 1.165) is 30.5 Å². The van der Waals surface area contributed by atoms with Crippen molar-refractivity contribution >= 4 is 39.2 Å². The highest BCUT2D eigenvalue weighted by molar-refractivity contribution is 7.92. The van der Waals surface area contributed by atoms with Crippen LogP contribution in [-0.4, -0.2) is 44.0 Å². The van der Waals surface area contributed by atoms with Gasteiger partial charge in [0.05, 0.1) is 11.1 Å². The monoisotopic (exact) mass is 597 g/mol. The number of carboxylic acid groups (broad SMARTS) is 1. The largest absolute Gasteiger partial charge is 0.490 e. The molecule has 224 valence electrons. The van der Waals surface area contributed by atoms with Crippen molar-refractivity contribution < 1.29 is 41.1 Å². The zero-order chi connectivity index (χ0) is 30.4. The van der Waals surface area contributed by atoms with Gasteiger partial charge in [0.2, 0.25) is 11.8 Å². The van der Waals surface area contributed by atoms with Crippen LogP contribution in [0.2, 0.25) is 0 Å². The molecule has 0 aromatic heterocycles. The van der Waals surface area contributed by atoms with Crippen LogP contribution in [0.15, 0.2) is 47.4 Å². The van der Waals surface area contributed by atoms with Crippen molar-refractivity contribution in [2.24, 2.45) is 5.92 Å². The zero-order valence-corrected chi connectivity index (χ0v) is 23.6. The molecule has 2 aromatic carbocycles. The minimum atomic E-state index is -5.08. The van der Waals surface area contributed by atoms with Crippen molar-refractivity contribution in [3.63, 3.8) is 0 Å². The molecule has 0 saturated heterocycles. The van der Waals surface area contributed by atoms with Crippen LogP contribution >= 0.6 is 0 Å². The zero-order valence-electron chi connectivity index (χ0n) is 22.8. The summed E-state index contributed by atoms with van der Waals surface area (Å²) in [6.07, 6.45) is 2.69. The van der Waals surface area contributed by atoms with E-state index in [0.29, 0.717) is 11.6 Å². The molecule has 0 unspecified atom stereocenters. The van der Waals surface area contributed by atoms with Gasteiger partial charge in [-0.25, -0.2) is 13.2 Å². The lowest BCUT2D eigenvalue weighted by molar-refractivity contribution is -0.192. The lowest BCUT2D eigenvalue weighted by Crippen LogP contribution is -2.38. The van der Waals surface area contributed by atoms with E-state index in [-0.39, 0.29) is 22.4 Å². The molecule has 9 nitrogen and oxygen atoms in total. The second-order valence-electron chi connectivity index (χ2n) is 10.5. The number of carboxylic acids is 1. The van der Waals surface area contributed by atoms with Crippen LogP contribution in [0, 0.1) is 12.8 Å². The summed E-state index contributed by atoms with van der Waals surface area (Å²) in [5.41, 5.74) is 1.80. The molecule has 0 spiro atoms. The number of carbonyl (C=O) groups is 3. The molecule has 2 saturated carbocycles. The molecule has 0 aliphatic heterocycles. The van der Waals surface area contributed by atoms with Crippen LogP contribution in [0.5, 0.6) is 0 Å². The highest BCUT2D eigenvalue weighted by Crippen LogP contribution is 2.48. The molecule has 2 aromatic rings. The Bertz CT molecular complexity index is 1370. The van der Waals surface area contributed by atoms with Gasteiger partial charge in [-0.15, -0.1) is 0 Å². The number of aryl methyl sites for hydroxylation is 1. The minimum absolute atomic E-state index is 0.00697. The van der Waals surface area contributed by atoms with Gasteiger partial charge in [-0.2, -0.15) is 13.2 Å². The number of aliphatic carboxylic acids is 1. The molecule has 4 rings (SSSR count). The van der Waals surface area contributed by atoms with E-state index < -0.39 is 27.6 Å². The van der Waals surface area contributed by atoms with Gasteiger partial charge in [-0.1, -0.05) is 37.5 Å². The molecule has 2 aliphatic rings. The molecule has 0 atom stereocenters.